The van der Waals surface area contributed by atoms with Crippen LogP contribution in [0, 0.1) is 0 Å². The standard InChI is InChI=1S/C21H21ClF2N4O/c22-14-7-8-18(29)13(10-14)11-28-9-3-4-15(12-28)25-20-16-5-1-2-6-17(16)26-21(27-20)19(23)24/h1-2,5-8,10,15,19,29H,3-4,9,11-12H2,(H,25,26,27)/t15-/m0/s1. The first kappa shape index (κ1) is 19.8. The normalized spacial score (nSPS) is 17.7. The molecule has 3 aromatic rings. The molecule has 29 heavy (non-hydrogen) atoms. The summed E-state index contributed by atoms with van der Waals surface area (Å²) in [6, 6.07) is 12.2. The molecule has 2 N–H and O–H groups in total. The van der Waals surface area contributed by atoms with Gasteiger partial charge in [-0.25, -0.2) is 18.7 Å². The molecule has 2 heterocycles. The summed E-state index contributed by atoms with van der Waals surface area (Å²) in [7, 11) is 0. The van der Waals surface area contributed by atoms with E-state index in [-0.39, 0.29) is 11.8 Å². The monoisotopic (exact) mass is 418 g/mol. The first-order valence-corrected chi connectivity index (χ1v) is 9.88. The van der Waals surface area contributed by atoms with Crippen molar-refractivity contribution in [3.05, 3.63) is 58.9 Å². The molecule has 2 aromatic carbocycles. The van der Waals surface area contributed by atoms with Crippen LogP contribution in [0.5, 0.6) is 5.75 Å². The fourth-order valence-electron chi connectivity index (χ4n) is 3.73. The Morgan fingerprint density at radius 2 is 2.03 bits per heavy atom. The molecule has 0 unspecified atom stereocenters. The number of halogens is 3. The van der Waals surface area contributed by atoms with Crippen LogP contribution in [-0.2, 0) is 6.54 Å². The zero-order chi connectivity index (χ0) is 20.4. The van der Waals surface area contributed by atoms with Crippen LogP contribution in [0.3, 0.4) is 0 Å². The molecule has 8 heteroatoms. The van der Waals surface area contributed by atoms with Gasteiger partial charge >= 0.3 is 0 Å². The maximum absolute atomic E-state index is 13.2. The van der Waals surface area contributed by atoms with Crippen LogP contribution in [0.4, 0.5) is 14.6 Å². The number of hydrogen-bond acceptors (Lipinski definition) is 5. The minimum Gasteiger partial charge on any atom is -0.508 e. The highest BCUT2D eigenvalue weighted by molar-refractivity contribution is 6.30. The first-order chi connectivity index (χ1) is 14.0. The summed E-state index contributed by atoms with van der Waals surface area (Å²) in [6.07, 6.45) is -0.877. The summed E-state index contributed by atoms with van der Waals surface area (Å²) >= 11 is 6.05. The van der Waals surface area contributed by atoms with Crippen molar-refractivity contribution in [2.24, 2.45) is 0 Å². The molecular formula is C21H21ClF2N4O. The molecule has 1 aliphatic rings. The summed E-state index contributed by atoms with van der Waals surface area (Å²) in [5, 5.41) is 14.7. The van der Waals surface area contributed by atoms with E-state index in [1.807, 2.05) is 12.1 Å². The molecule has 1 fully saturated rings. The summed E-state index contributed by atoms with van der Waals surface area (Å²) in [5.41, 5.74) is 1.27. The van der Waals surface area contributed by atoms with Gasteiger partial charge in [0, 0.05) is 35.1 Å². The SMILES string of the molecule is Oc1ccc(Cl)cc1CN1CCC[C@H](Nc2nc(C(F)F)nc3ccccc23)C1. The largest absolute Gasteiger partial charge is 0.508 e. The van der Waals surface area contributed by atoms with E-state index in [0.717, 1.165) is 30.3 Å². The van der Waals surface area contributed by atoms with E-state index in [4.69, 9.17) is 11.6 Å². The lowest BCUT2D eigenvalue weighted by atomic mass is 10.0. The summed E-state index contributed by atoms with van der Waals surface area (Å²) < 4.78 is 26.5. The lowest BCUT2D eigenvalue weighted by Gasteiger charge is -2.33. The van der Waals surface area contributed by atoms with Crippen LogP contribution in [0.25, 0.3) is 10.9 Å². The molecule has 0 aliphatic carbocycles. The molecule has 1 aliphatic heterocycles. The Morgan fingerprint density at radius 3 is 2.86 bits per heavy atom. The number of piperidine rings is 1. The number of phenols is 1. The molecule has 0 saturated carbocycles. The minimum atomic E-state index is -2.73. The van der Waals surface area contributed by atoms with Gasteiger partial charge in [-0.1, -0.05) is 23.7 Å². The zero-order valence-corrected chi connectivity index (χ0v) is 16.4. The van der Waals surface area contributed by atoms with Crippen LogP contribution in [0.1, 0.15) is 30.7 Å². The molecule has 0 radical (unpaired) electrons. The number of rotatable bonds is 5. The third-order valence-electron chi connectivity index (χ3n) is 5.10. The van der Waals surface area contributed by atoms with Gasteiger partial charge in [0.25, 0.3) is 6.43 Å². The van der Waals surface area contributed by atoms with Gasteiger partial charge in [0.1, 0.15) is 11.6 Å². The number of phenolic OH excluding ortho intramolecular Hbond substituents is 1. The van der Waals surface area contributed by atoms with E-state index in [2.05, 4.69) is 20.2 Å². The van der Waals surface area contributed by atoms with Crippen LogP contribution in [0.2, 0.25) is 5.02 Å². The predicted octanol–water partition coefficient (Wildman–Crippen LogP) is 5.00. The Labute approximate surface area is 172 Å². The van der Waals surface area contributed by atoms with Gasteiger partial charge in [0.05, 0.1) is 5.52 Å². The average Bonchev–Trinajstić information content (AvgIpc) is 2.71. The number of anilines is 1. The number of nitrogens with zero attached hydrogens (tertiary/aromatic N) is 3. The second-order valence-electron chi connectivity index (χ2n) is 7.24. The molecule has 152 valence electrons. The Bertz CT molecular complexity index is 1020. The quantitative estimate of drug-likeness (QED) is 0.610. The highest BCUT2D eigenvalue weighted by Gasteiger charge is 2.23. The number of para-hydroxylation sites is 1. The van der Waals surface area contributed by atoms with E-state index in [9.17, 15) is 13.9 Å². The third-order valence-corrected chi connectivity index (χ3v) is 5.33. The van der Waals surface area contributed by atoms with Gasteiger partial charge in [0.15, 0.2) is 5.82 Å². The van der Waals surface area contributed by atoms with E-state index < -0.39 is 12.2 Å². The van der Waals surface area contributed by atoms with E-state index in [0.29, 0.717) is 29.4 Å². The fraction of sp³-hybridized carbons (Fsp3) is 0.333. The van der Waals surface area contributed by atoms with Crippen LogP contribution in [-0.4, -0.2) is 39.1 Å². The molecule has 0 amide bonds. The topological polar surface area (TPSA) is 61.3 Å². The number of hydrogen-bond donors (Lipinski definition) is 2. The Hall–Kier alpha value is -2.51. The molecule has 0 spiro atoms. The van der Waals surface area contributed by atoms with Crippen LogP contribution < -0.4 is 5.32 Å². The molecule has 0 bridgehead atoms. The van der Waals surface area contributed by atoms with Gasteiger partial charge < -0.3 is 10.4 Å². The number of alkyl halides is 2. The number of aromatic nitrogens is 2. The number of benzene rings is 2. The maximum atomic E-state index is 13.2. The first-order valence-electron chi connectivity index (χ1n) is 9.50. The predicted molar refractivity (Wildman–Crippen MR) is 110 cm³/mol. The van der Waals surface area contributed by atoms with E-state index in [1.165, 1.54) is 0 Å². The number of aromatic hydroxyl groups is 1. The number of fused-ring (bicyclic) bond motifs is 1. The maximum Gasteiger partial charge on any atom is 0.297 e. The summed E-state index contributed by atoms with van der Waals surface area (Å²) in [6.45, 7) is 2.16. The highest BCUT2D eigenvalue weighted by atomic mass is 35.5. The van der Waals surface area contributed by atoms with E-state index >= 15 is 0 Å². The number of nitrogens with one attached hydrogen (secondary N) is 1. The molecular weight excluding hydrogens is 398 g/mol. The van der Waals surface area contributed by atoms with E-state index in [1.54, 1.807) is 30.3 Å². The smallest absolute Gasteiger partial charge is 0.297 e. The van der Waals surface area contributed by atoms with Crippen LogP contribution in [0.15, 0.2) is 42.5 Å². The molecule has 4 rings (SSSR count). The van der Waals surface area contributed by atoms with Crippen molar-refractivity contribution in [3.8, 4) is 5.75 Å². The van der Waals surface area contributed by atoms with Gasteiger partial charge in [0.2, 0.25) is 0 Å². The second-order valence-corrected chi connectivity index (χ2v) is 7.68. The zero-order valence-electron chi connectivity index (χ0n) is 15.7. The summed E-state index contributed by atoms with van der Waals surface area (Å²) in [4.78, 5) is 10.3. The minimum absolute atomic E-state index is 0.0499. The molecule has 1 atom stereocenters. The van der Waals surface area contributed by atoms with Crippen LogP contribution >= 0.6 is 11.6 Å². The Balaban J connectivity index is 1.53. The summed E-state index contributed by atoms with van der Waals surface area (Å²) in [5.74, 6) is 0.180. The highest BCUT2D eigenvalue weighted by Crippen LogP contribution is 2.28. The lowest BCUT2D eigenvalue weighted by molar-refractivity contribution is 0.141. The lowest BCUT2D eigenvalue weighted by Crippen LogP contribution is -2.41. The molecule has 1 aromatic heterocycles. The fourth-order valence-corrected chi connectivity index (χ4v) is 3.93. The van der Waals surface area contributed by atoms with Crippen molar-refractivity contribution < 1.29 is 13.9 Å². The third kappa shape index (κ3) is 4.57. The molecule has 1 saturated heterocycles. The molecule has 5 nitrogen and oxygen atoms in total. The Morgan fingerprint density at radius 1 is 1.21 bits per heavy atom. The van der Waals surface area contributed by atoms with Crippen molar-refractivity contribution in [1.29, 1.82) is 0 Å². The van der Waals surface area contributed by atoms with Gasteiger partial charge in [-0.05, 0) is 49.7 Å². The van der Waals surface area contributed by atoms with Crippen molar-refractivity contribution >= 4 is 28.3 Å². The number of likely N-dealkylation sites (tertiary alicyclic amines) is 1. The van der Waals surface area contributed by atoms with Gasteiger partial charge in [-0.2, -0.15) is 0 Å². The second kappa shape index (κ2) is 8.47. The van der Waals surface area contributed by atoms with Gasteiger partial charge in [-0.15, -0.1) is 0 Å². The van der Waals surface area contributed by atoms with Crippen molar-refractivity contribution in [2.45, 2.75) is 31.9 Å². The van der Waals surface area contributed by atoms with Crippen molar-refractivity contribution in [1.82, 2.24) is 14.9 Å². The van der Waals surface area contributed by atoms with Crippen molar-refractivity contribution in [3.63, 3.8) is 0 Å². The van der Waals surface area contributed by atoms with Gasteiger partial charge in [-0.3, -0.25) is 4.90 Å². The van der Waals surface area contributed by atoms with Crippen molar-refractivity contribution in [2.75, 3.05) is 18.4 Å². The average molecular weight is 419 g/mol. The Kier molecular flexibility index (Phi) is 5.78.